The number of aromatic nitrogens is 2. The zero-order valence-corrected chi connectivity index (χ0v) is 10.8. The van der Waals surface area contributed by atoms with Gasteiger partial charge in [-0.05, 0) is 13.8 Å². The van der Waals surface area contributed by atoms with Crippen molar-refractivity contribution >= 4 is 11.5 Å². The predicted molar refractivity (Wildman–Crippen MR) is 67.4 cm³/mol. The Balaban J connectivity index is 2.93. The van der Waals surface area contributed by atoms with E-state index >= 15 is 0 Å². The number of anilines is 2. The monoisotopic (exact) mass is 240 g/mol. The van der Waals surface area contributed by atoms with Crippen LogP contribution in [0.3, 0.4) is 0 Å². The van der Waals surface area contributed by atoms with E-state index in [1.54, 1.807) is 7.11 Å². The predicted octanol–water partition coefficient (Wildman–Crippen LogP) is 0.929. The van der Waals surface area contributed by atoms with Gasteiger partial charge in [0.05, 0.1) is 19.3 Å². The Kier molecular flexibility index (Phi) is 4.96. The first kappa shape index (κ1) is 13.5. The Bertz CT molecular complexity index is 359. The van der Waals surface area contributed by atoms with Crippen molar-refractivity contribution in [3.63, 3.8) is 0 Å². The molecule has 1 unspecified atom stereocenters. The van der Waals surface area contributed by atoms with Gasteiger partial charge in [-0.3, -0.25) is 0 Å². The summed E-state index contributed by atoms with van der Waals surface area (Å²) in [7, 11) is 3.58. The topological polar surface area (TPSA) is 73.5 Å². The van der Waals surface area contributed by atoms with Crippen LogP contribution in [0.4, 0.5) is 11.5 Å². The van der Waals surface area contributed by atoms with Crippen molar-refractivity contribution in [2.75, 3.05) is 38.0 Å². The summed E-state index contributed by atoms with van der Waals surface area (Å²) in [6, 6.07) is 0.173. The number of nitrogen functional groups attached to an aromatic ring is 1. The molecule has 0 bridgehead atoms. The van der Waals surface area contributed by atoms with E-state index in [-0.39, 0.29) is 6.04 Å². The minimum absolute atomic E-state index is 0.173. The molecule has 0 aromatic carbocycles. The summed E-state index contributed by atoms with van der Waals surface area (Å²) < 4.78 is 10.4. The Hall–Kier alpha value is -1.56. The van der Waals surface area contributed by atoms with Crippen molar-refractivity contribution in [2.45, 2.75) is 19.9 Å². The molecule has 1 heterocycles. The second-order valence-electron chi connectivity index (χ2n) is 3.76. The van der Waals surface area contributed by atoms with Crippen molar-refractivity contribution < 1.29 is 9.47 Å². The highest BCUT2D eigenvalue weighted by atomic mass is 16.5. The first-order chi connectivity index (χ1) is 8.11. The minimum Gasteiger partial charge on any atom is -0.476 e. The van der Waals surface area contributed by atoms with Crippen LogP contribution in [0.1, 0.15) is 13.8 Å². The number of methoxy groups -OCH3 is 1. The van der Waals surface area contributed by atoms with Gasteiger partial charge in [0.1, 0.15) is 12.0 Å². The highest BCUT2D eigenvalue weighted by Gasteiger charge is 2.17. The maximum atomic E-state index is 5.97. The van der Waals surface area contributed by atoms with Gasteiger partial charge in [0.15, 0.2) is 5.82 Å². The van der Waals surface area contributed by atoms with Gasteiger partial charge in [-0.2, -0.15) is 4.98 Å². The van der Waals surface area contributed by atoms with Gasteiger partial charge in [-0.25, -0.2) is 4.98 Å². The fourth-order valence-corrected chi connectivity index (χ4v) is 1.47. The maximum Gasteiger partial charge on any atom is 0.242 e. The zero-order valence-electron chi connectivity index (χ0n) is 10.8. The standard InChI is InChI=1S/C11H20N4O2/c1-5-17-11-9(12)10(13-7-14-11)15(3)8(2)6-16-4/h7-8H,5-6,12H2,1-4H3. The average molecular weight is 240 g/mol. The molecule has 1 atom stereocenters. The normalized spacial score (nSPS) is 12.2. The molecular weight excluding hydrogens is 220 g/mol. The molecule has 0 aliphatic heterocycles. The van der Waals surface area contributed by atoms with Gasteiger partial charge < -0.3 is 20.1 Å². The molecule has 1 rings (SSSR count). The van der Waals surface area contributed by atoms with E-state index in [0.717, 1.165) is 0 Å². The van der Waals surface area contributed by atoms with E-state index in [9.17, 15) is 0 Å². The molecule has 1 aromatic heterocycles. The minimum atomic E-state index is 0.173. The number of nitrogens with two attached hydrogens (primary N) is 1. The number of ether oxygens (including phenoxy) is 2. The van der Waals surface area contributed by atoms with Crippen LogP contribution < -0.4 is 15.4 Å². The molecule has 6 heteroatoms. The lowest BCUT2D eigenvalue weighted by atomic mass is 10.3. The SMILES string of the molecule is CCOc1ncnc(N(C)C(C)COC)c1N. The summed E-state index contributed by atoms with van der Waals surface area (Å²) in [5.74, 6) is 1.09. The number of likely N-dealkylation sites (N-methyl/N-ethyl adjacent to an activating group) is 1. The van der Waals surface area contributed by atoms with E-state index < -0.39 is 0 Å². The van der Waals surface area contributed by atoms with Gasteiger partial charge in [0, 0.05) is 14.2 Å². The molecular formula is C11H20N4O2. The molecule has 0 spiro atoms. The van der Waals surface area contributed by atoms with Crippen molar-refractivity contribution in [3.8, 4) is 5.88 Å². The van der Waals surface area contributed by atoms with Crippen LogP contribution in [0.5, 0.6) is 5.88 Å². The molecule has 17 heavy (non-hydrogen) atoms. The molecule has 0 aliphatic carbocycles. The third-order valence-corrected chi connectivity index (χ3v) is 2.51. The smallest absolute Gasteiger partial charge is 0.242 e. The lowest BCUT2D eigenvalue weighted by Crippen LogP contribution is -2.33. The van der Waals surface area contributed by atoms with Gasteiger partial charge in [0.25, 0.3) is 0 Å². The highest BCUT2D eigenvalue weighted by Crippen LogP contribution is 2.27. The number of nitrogens with zero attached hydrogens (tertiary/aromatic N) is 3. The van der Waals surface area contributed by atoms with E-state index in [0.29, 0.717) is 30.6 Å². The van der Waals surface area contributed by atoms with Crippen LogP contribution in [0.15, 0.2) is 6.33 Å². The van der Waals surface area contributed by atoms with Crippen molar-refractivity contribution in [1.29, 1.82) is 0 Å². The molecule has 0 amide bonds. The molecule has 0 saturated heterocycles. The Morgan fingerprint density at radius 3 is 2.76 bits per heavy atom. The molecule has 0 radical (unpaired) electrons. The van der Waals surface area contributed by atoms with Crippen LogP contribution in [0.25, 0.3) is 0 Å². The third-order valence-electron chi connectivity index (χ3n) is 2.51. The second-order valence-corrected chi connectivity index (χ2v) is 3.76. The first-order valence-electron chi connectivity index (χ1n) is 5.56. The fraction of sp³-hybridized carbons (Fsp3) is 0.636. The Morgan fingerprint density at radius 1 is 1.47 bits per heavy atom. The lowest BCUT2D eigenvalue weighted by molar-refractivity contribution is 0.183. The van der Waals surface area contributed by atoms with E-state index in [1.165, 1.54) is 6.33 Å². The first-order valence-corrected chi connectivity index (χ1v) is 5.56. The summed E-state index contributed by atoms with van der Waals surface area (Å²) >= 11 is 0. The molecule has 6 nitrogen and oxygen atoms in total. The molecule has 0 fully saturated rings. The van der Waals surface area contributed by atoms with Crippen LogP contribution in [-0.2, 0) is 4.74 Å². The maximum absolute atomic E-state index is 5.97. The van der Waals surface area contributed by atoms with E-state index in [1.807, 2.05) is 25.8 Å². The Labute approximate surface area is 102 Å². The molecule has 1 aromatic rings. The van der Waals surface area contributed by atoms with Gasteiger partial charge >= 0.3 is 0 Å². The summed E-state index contributed by atoms with van der Waals surface area (Å²) in [5, 5.41) is 0. The van der Waals surface area contributed by atoms with Crippen LogP contribution in [0.2, 0.25) is 0 Å². The molecule has 0 saturated carbocycles. The van der Waals surface area contributed by atoms with Crippen molar-refractivity contribution in [3.05, 3.63) is 6.33 Å². The summed E-state index contributed by atoms with van der Waals surface area (Å²) in [6.45, 7) is 5.05. The summed E-state index contributed by atoms with van der Waals surface area (Å²) in [4.78, 5) is 10.1. The van der Waals surface area contributed by atoms with Gasteiger partial charge in [0.2, 0.25) is 5.88 Å². The van der Waals surface area contributed by atoms with Gasteiger partial charge in [-0.15, -0.1) is 0 Å². The fourth-order valence-electron chi connectivity index (χ4n) is 1.47. The van der Waals surface area contributed by atoms with Crippen molar-refractivity contribution in [1.82, 2.24) is 9.97 Å². The van der Waals surface area contributed by atoms with Crippen LogP contribution in [-0.4, -0.2) is 43.4 Å². The number of hydrogen-bond acceptors (Lipinski definition) is 6. The van der Waals surface area contributed by atoms with E-state index in [4.69, 9.17) is 15.2 Å². The van der Waals surface area contributed by atoms with Crippen LogP contribution in [0, 0.1) is 0 Å². The number of rotatable bonds is 6. The summed E-state index contributed by atoms with van der Waals surface area (Å²) in [6.07, 6.45) is 1.45. The lowest BCUT2D eigenvalue weighted by Gasteiger charge is -2.26. The summed E-state index contributed by atoms with van der Waals surface area (Å²) in [5.41, 5.74) is 6.43. The molecule has 0 aliphatic rings. The number of hydrogen-bond donors (Lipinski definition) is 1. The largest absolute Gasteiger partial charge is 0.476 e. The van der Waals surface area contributed by atoms with E-state index in [2.05, 4.69) is 9.97 Å². The Morgan fingerprint density at radius 2 is 2.18 bits per heavy atom. The second kappa shape index (κ2) is 6.24. The quantitative estimate of drug-likeness (QED) is 0.797. The van der Waals surface area contributed by atoms with Crippen molar-refractivity contribution in [2.24, 2.45) is 0 Å². The van der Waals surface area contributed by atoms with Crippen LogP contribution >= 0.6 is 0 Å². The molecule has 2 N–H and O–H groups in total. The molecule has 96 valence electrons. The average Bonchev–Trinajstić information content (AvgIpc) is 2.31. The highest BCUT2D eigenvalue weighted by molar-refractivity contribution is 5.67. The third kappa shape index (κ3) is 3.20. The zero-order chi connectivity index (χ0) is 12.8. The van der Waals surface area contributed by atoms with Gasteiger partial charge in [-0.1, -0.05) is 0 Å².